The normalized spacial score (nSPS) is 10.7. The topological polar surface area (TPSA) is 55.5 Å². The smallest absolute Gasteiger partial charge is 0.249 e. The van der Waals surface area contributed by atoms with E-state index in [1.54, 1.807) is 0 Å². The second kappa shape index (κ2) is 10.00. The van der Waals surface area contributed by atoms with Crippen molar-refractivity contribution in [3.8, 4) is 0 Å². The summed E-state index contributed by atoms with van der Waals surface area (Å²) in [7, 11) is -0.245. The fraction of sp³-hybridized carbons (Fsp3) is 1.00. The third-order valence-electron chi connectivity index (χ3n) is 0.187. The Morgan fingerprint density at radius 2 is 1.71 bits per heavy atom. The summed E-state index contributed by atoms with van der Waals surface area (Å²) in [6.45, 7) is 0. The highest BCUT2D eigenvalue weighted by Gasteiger charge is 1.82. The van der Waals surface area contributed by atoms with E-state index in [-0.39, 0.29) is 24.8 Å². The molecule has 0 aliphatic rings. The van der Waals surface area contributed by atoms with Crippen LogP contribution in [0, 0.1) is 0 Å². The zero-order valence-corrected chi connectivity index (χ0v) is 6.22. The number of hydrogen-bond acceptors (Lipinski definition) is 3. The van der Waals surface area contributed by atoms with Crippen molar-refractivity contribution in [3.63, 3.8) is 0 Å². The third-order valence-corrected chi connectivity index (χ3v) is 0.561. The van der Waals surface area contributed by atoms with Crippen LogP contribution in [0.25, 0.3) is 0 Å². The maximum absolute atomic E-state index is 7.98. The van der Waals surface area contributed by atoms with Crippen molar-refractivity contribution in [3.05, 3.63) is 0 Å². The molecule has 0 spiro atoms. The standard InChI is InChI=1S/CH6NO2P.2ClH/c1-4-5(2)3;;/h3H,2H2,1H3;2*1H. The fourth-order valence-electron chi connectivity index (χ4n) is 0. The monoisotopic (exact) mass is 167 g/mol. The van der Waals surface area contributed by atoms with Gasteiger partial charge in [0.15, 0.2) is 0 Å². The van der Waals surface area contributed by atoms with E-state index in [0.29, 0.717) is 0 Å². The maximum atomic E-state index is 7.98. The van der Waals surface area contributed by atoms with Crippen LogP contribution in [0.15, 0.2) is 0 Å². The van der Waals surface area contributed by atoms with E-state index in [4.69, 9.17) is 4.89 Å². The molecule has 1 unspecified atom stereocenters. The summed E-state index contributed by atoms with van der Waals surface area (Å²) in [5.74, 6) is 0. The molecule has 0 fully saturated rings. The van der Waals surface area contributed by atoms with Crippen LogP contribution in [0.4, 0.5) is 0 Å². The van der Waals surface area contributed by atoms with Crippen LogP contribution in [0.5, 0.6) is 0 Å². The van der Waals surface area contributed by atoms with Gasteiger partial charge in [-0.1, -0.05) is 0 Å². The lowest BCUT2D eigenvalue weighted by Gasteiger charge is -1.91. The van der Waals surface area contributed by atoms with Gasteiger partial charge in [-0.25, -0.2) is 0 Å². The Hall–Kier alpha value is 0.890. The van der Waals surface area contributed by atoms with E-state index < -0.39 is 8.53 Å². The van der Waals surface area contributed by atoms with Gasteiger partial charge in [0.2, 0.25) is 8.53 Å². The Kier molecular flexibility index (Phi) is 22.4. The van der Waals surface area contributed by atoms with Gasteiger partial charge < -0.3 is 9.42 Å². The number of nitrogens with two attached hydrogens (primary N) is 1. The van der Waals surface area contributed by atoms with Crippen molar-refractivity contribution in [2.24, 2.45) is 5.50 Å². The molecule has 48 valence electrons. The minimum atomic E-state index is -1.60. The van der Waals surface area contributed by atoms with Crippen LogP contribution in [-0.4, -0.2) is 12.0 Å². The Morgan fingerprint density at radius 1 is 1.57 bits per heavy atom. The van der Waals surface area contributed by atoms with Crippen LogP contribution < -0.4 is 5.50 Å². The van der Waals surface area contributed by atoms with Gasteiger partial charge in [-0.3, -0.25) is 5.50 Å². The van der Waals surface area contributed by atoms with Gasteiger partial charge in [0.1, 0.15) is 0 Å². The van der Waals surface area contributed by atoms with E-state index in [1.807, 2.05) is 0 Å². The zero-order valence-electron chi connectivity index (χ0n) is 3.70. The van der Waals surface area contributed by atoms with Crippen LogP contribution in [0.1, 0.15) is 0 Å². The lowest BCUT2D eigenvalue weighted by atomic mass is 11.8. The molecule has 0 aromatic heterocycles. The fourth-order valence-corrected chi connectivity index (χ4v) is 0. The predicted octanol–water partition coefficient (Wildman–Crippen LogP) is 0.654. The molecule has 0 aliphatic carbocycles. The van der Waals surface area contributed by atoms with Crippen molar-refractivity contribution in [2.45, 2.75) is 0 Å². The second-order valence-electron chi connectivity index (χ2n) is 0.485. The highest BCUT2D eigenvalue weighted by molar-refractivity contribution is 7.43. The van der Waals surface area contributed by atoms with E-state index in [0.717, 1.165) is 0 Å². The van der Waals surface area contributed by atoms with Gasteiger partial charge in [0, 0.05) is 7.11 Å². The summed E-state index contributed by atoms with van der Waals surface area (Å²) < 4.78 is 4.15. The lowest BCUT2D eigenvalue weighted by Crippen LogP contribution is -1.85. The minimum Gasteiger partial charge on any atom is -0.338 e. The molecule has 0 saturated carbocycles. The predicted molar refractivity (Wildman–Crippen MR) is 34.8 cm³/mol. The summed E-state index contributed by atoms with van der Waals surface area (Å²) in [6, 6.07) is 0. The molecule has 0 aromatic carbocycles. The first-order valence-corrected chi connectivity index (χ1v) is 2.33. The van der Waals surface area contributed by atoms with Crippen LogP contribution in [-0.2, 0) is 4.52 Å². The largest absolute Gasteiger partial charge is 0.338 e. The van der Waals surface area contributed by atoms with Crippen molar-refractivity contribution >= 4 is 33.3 Å². The van der Waals surface area contributed by atoms with Crippen molar-refractivity contribution < 1.29 is 9.42 Å². The van der Waals surface area contributed by atoms with Crippen molar-refractivity contribution in [1.82, 2.24) is 0 Å². The first-order chi connectivity index (χ1) is 2.27. The Morgan fingerprint density at radius 3 is 1.71 bits per heavy atom. The Labute approximate surface area is 56.0 Å². The second-order valence-corrected chi connectivity index (χ2v) is 1.46. The summed E-state index contributed by atoms with van der Waals surface area (Å²) in [4.78, 5) is 7.98. The number of rotatable bonds is 1. The first kappa shape index (κ1) is 15.7. The molecule has 0 saturated heterocycles. The van der Waals surface area contributed by atoms with E-state index in [9.17, 15) is 0 Å². The molecular formula is CH8Cl2NO2P. The van der Waals surface area contributed by atoms with Crippen LogP contribution in [0.2, 0.25) is 0 Å². The van der Waals surface area contributed by atoms with Gasteiger partial charge in [0.05, 0.1) is 0 Å². The summed E-state index contributed by atoms with van der Waals surface area (Å²) in [5.41, 5.74) is 4.69. The lowest BCUT2D eigenvalue weighted by molar-refractivity contribution is 0.391. The Balaban J connectivity index is -0.0000000800. The molecule has 0 aliphatic heterocycles. The van der Waals surface area contributed by atoms with Gasteiger partial charge >= 0.3 is 0 Å². The van der Waals surface area contributed by atoms with Gasteiger partial charge in [-0.05, 0) is 0 Å². The highest BCUT2D eigenvalue weighted by Crippen LogP contribution is 2.15. The average Bonchev–Trinajstić information content (AvgIpc) is 1.38. The molecule has 0 rings (SSSR count). The molecule has 1 atom stereocenters. The molecule has 3 N–H and O–H groups in total. The van der Waals surface area contributed by atoms with Gasteiger partial charge in [0.25, 0.3) is 0 Å². The molecule has 0 heterocycles. The summed E-state index contributed by atoms with van der Waals surface area (Å²) >= 11 is 0. The Bertz CT molecular complexity index is 29.7. The van der Waals surface area contributed by atoms with Gasteiger partial charge in [-0.2, -0.15) is 0 Å². The minimum absolute atomic E-state index is 0. The first-order valence-electron chi connectivity index (χ1n) is 1.05. The molecule has 0 aromatic rings. The molecule has 0 bridgehead atoms. The molecule has 7 heavy (non-hydrogen) atoms. The quantitative estimate of drug-likeness (QED) is 0.565. The number of hydrogen-bond donors (Lipinski definition) is 2. The van der Waals surface area contributed by atoms with Gasteiger partial charge in [-0.15, -0.1) is 24.8 Å². The van der Waals surface area contributed by atoms with E-state index >= 15 is 0 Å². The summed E-state index contributed by atoms with van der Waals surface area (Å²) in [6.07, 6.45) is 0. The van der Waals surface area contributed by atoms with E-state index in [1.165, 1.54) is 7.11 Å². The summed E-state index contributed by atoms with van der Waals surface area (Å²) in [5, 5.41) is 0. The average molecular weight is 168 g/mol. The van der Waals surface area contributed by atoms with Crippen molar-refractivity contribution in [1.29, 1.82) is 0 Å². The SMILES string of the molecule is COP(N)O.Cl.Cl. The molecule has 0 radical (unpaired) electrons. The van der Waals surface area contributed by atoms with Crippen LogP contribution in [0.3, 0.4) is 0 Å². The molecule has 6 heteroatoms. The number of halogens is 2. The highest BCUT2D eigenvalue weighted by atomic mass is 35.5. The third kappa shape index (κ3) is 19.7. The van der Waals surface area contributed by atoms with E-state index in [2.05, 4.69) is 10.0 Å². The molecule has 3 nitrogen and oxygen atoms in total. The van der Waals surface area contributed by atoms with Crippen LogP contribution >= 0.6 is 33.3 Å². The zero-order chi connectivity index (χ0) is 4.28. The molecule has 0 amide bonds. The maximum Gasteiger partial charge on any atom is 0.249 e. The van der Waals surface area contributed by atoms with Crippen molar-refractivity contribution in [2.75, 3.05) is 7.11 Å². The molecular weight excluding hydrogens is 160 g/mol.